The molecule has 1 aromatic carbocycles. The van der Waals surface area contributed by atoms with Gasteiger partial charge in [-0.3, -0.25) is 4.72 Å². The van der Waals surface area contributed by atoms with Crippen molar-refractivity contribution in [1.82, 2.24) is 5.32 Å². The molecule has 1 rings (SSSR count). The third-order valence-electron chi connectivity index (χ3n) is 2.87. The van der Waals surface area contributed by atoms with E-state index in [1.54, 1.807) is 25.3 Å². The summed E-state index contributed by atoms with van der Waals surface area (Å²) in [5, 5.41) is 3.26. The number of halogens is 1. The van der Waals surface area contributed by atoms with Crippen molar-refractivity contribution in [1.29, 1.82) is 0 Å². The molecule has 0 spiro atoms. The Bertz CT molecular complexity index is 535. The standard InChI is InChI=1S/C14H23BrN2O3S/c1-3-8-16-9-4-5-10-21(18,19)17-12-6-7-13(15)14(11-12)20-2/h6-7,11,16-17H,3-5,8-10H2,1-2H3. The Kier molecular flexibility index (Phi) is 8.06. The predicted octanol–water partition coefficient (Wildman–Crippen LogP) is 2.98. The Hall–Kier alpha value is -0.790. The molecule has 0 saturated carbocycles. The molecule has 0 fully saturated rings. The van der Waals surface area contributed by atoms with E-state index in [1.165, 1.54) is 0 Å². The summed E-state index contributed by atoms with van der Waals surface area (Å²) in [4.78, 5) is 0. The highest BCUT2D eigenvalue weighted by Gasteiger charge is 2.11. The van der Waals surface area contributed by atoms with Gasteiger partial charge in [0.25, 0.3) is 0 Å². The molecule has 1 aromatic rings. The molecule has 21 heavy (non-hydrogen) atoms. The van der Waals surface area contributed by atoms with E-state index < -0.39 is 10.0 Å². The van der Waals surface area contributed by atoms with Crippen molar-refractivity contribution in [2.45, 2.75) is 26.2 Å². The average Bonchev–Trinajstić information content (AvgIpc) is 2.44. The van der Waals surface area contributed by atoms with Crippen LogP contribution in [0.4, 0.5) is 5.69 Å². The molecule has 0 aromatic heterocycles. The maximum absolute atomic E-state index is 12.0. The SMILES string of the molecule is CCCNCCCCS(=O)(=O)Nc1ccc(Br)c(OC)c1. The van der Waals surface area contributed by atoms with Crippen LogP contribution in [0.15, 0.2) is 22.7 Å². The minimum atomic E-state index is -3.31. The molecule has 2 N–H and O–H groups in total. The highest BCUT2D eigenvalue weighted by atomic mass is 79.9. The Balaban J connectivity index is 2.45. The highest BCUT2D eigenvalue weighted by Crippen LogP contribution is 2.28. The number of nitrogens with one attached hydrogen (secondary N) is 2. The summed E-state index contributed by atoms with van der Waals surface area (Å²) in [6.45, 7) is 3.94. The van der Waals surface area contributed by atoms with Gasteiger partial charge in [-0.05, 0) is 60.4 Å². The second kappa shape index (κ2) is 9.27. The zero-order chi connectivity index (χ0) is 15.7. The average molecular weight is 379 g/mol. The van der Waals surface area contributed by atoms with Crippen LogP contribution >= 0.6 is 15.9 Å². The van der Waals surface area contributed by atoms with E-state index in [-0.39, 0.29) is 5.75 Å². The molecule has 0 amide bonds. The van der Waals surface area contributed by atoms with Crippen molar-refractivity contribution < 1.29 is 13.2 Å². The van der Waals surface area contributed by atoms with Gasteiger partial charge in [0.15, 0.2) is 0 Å². The first-order valence-electron chi connectivity index (χ1n) is 7.03. The fourth-order valence-electron chi connectivity index (χ4n) is 1.80. The lowest BCUT2D eigenvalue weighted by molar-refractivity contribution is 0.412. The minimum Gasteiger partial charge on any atom is -0.495 e. The molecule has 0 unspecified atom stereocenters. The Morgan fingerprint density at radius 1 is 1.24 bits per heavy atom. The molecule has 0 heterocycles. The Morgan fingerprint density at radius 3 is 2.67 bits per heavy atom. The number of methoxy groups -OCH3 is 1. The Morgan fingerprint density at radius 2 is 2.00 bits per heavy atom. The van der Waals surface area contributed by atoms with E-state index in [4.69, 9.17) is 4.74 Å². The van der Waals surface area contributed by atoms with Crippen LogP contribution in [0.1, 0.15) is 26.2 Å². The van der Waals surface area contributed by atoms with E-state index in [0.29, 0.717) is 17.9 Å². The minimum absolute atomic E-state index is 0.124. The third kappa shape index (κ3) is 7.15. The molecule has 0 bridgehead atoms. The molecular formula is C14H23BrN2O3S. The van der Waals surface area contributed by atoms with Gasteiger partial charge in [-0.25, -0.2) is 8.42 Å². The highest BCUT2D eigenvalue weighted by molar-refractivity contribution is 9.10. The molecule has 0 saturated heterocycles. The van der Waals surface area contributed by atoms with E-state index in [1.807, 2.05) is 0 Å². The fraction of sp³-hybridized carbons (Fsp3) is 0.571. The van der Waals surface area contributed by atoms with E-state index >= 15 is 0 Å². The van der Waals surface area contributed by atoms with Crippen LogP contribution < -0.4 is 14.8 Å². The number of ether oxygens (including phenoxy) is 1. The zero-order valence-electron chi connectivity index (χ0n) is 12.5. The van der Waals surface area contributed by atoms with Crippen LogP contribution in [-0.2, 0) is 10.0 Å². The number of unbranched alkanes of at least 4 members (excludes halogenated alkanes) is 1. The van der Waals surface area contributed by atoms with Gasteiger partial charge >= 0.3 is 0 Å². The lowest BCUT2D eigenvalue weighted by Gasteiger charge is -2.10. The van der Waals surface area contributed by atoms with E-state index in [2.05, 4.69) is 32.9 Å². The quantitative estimate of drug-likeness (QED) is 0.614. The number of hydrogen-bond acceptors (Lipinski definition) is 4. The Labute approximate surface area is 135 Å². The van der Waals surface area contributed by atoms with Crippen molar-refractivity contribution in [3.05, 3.63) is 22.7 Å². The van der Waals surface area contributed by atoms with Gasteiger partial charge in [-0.15, -0.1) is 0 Å². The second-order valence-corrected chi connectivity index (χ2v) is 7.42. The van der Waals surface area contributed by atoms with Crippen LogP contribution in [0, 0.1) is 0 Å². The van der Waals surface area contributed by atoms with E-state index in [0.717, 1.165) is 30.4 Å². The van der Waals surface area contributed by atoms with Gasteiger partial charge in [0.1, 0.15) is 5.75 Å². The van der Waals surface area contributed by atoms with Crippen molar-refractivity contribution in [2.75, 3.05) is 30.7 Å². The number of rotatable bonds is 10. The number of anilines is 1. The fourth-order valence-corrected chi connectivity index (χ4v) is 3.38. The smallest absolute Gasteiger partial charge is 0.232 e. The molecule has 0 atom stereocenters. The van der Waals surface area contributed by atoms with E-state index in [9.17, 15) is 8.42 Å². The summed E-state index contributed by atoms with van der Waals surface area (Å²) in [6.07, 6.45) is 2.58. The first kappa shape index (κ1) is 18.3. The predicted molar refractivity (Wildman–Crippen MR) is 90.5 cm³/mol. The number of benzene rings is 1. The summed E-state index contributed by atoms with van der Waals surface area (Å²) < 4.78 is 32.5. The molecule has 0 radical (unpaired) electrons. The summed E-state index contributed by atoms with van der Waals surface area (Å²) >= 11 is 3.33. The summed E-state index contributed by atoms with van der Waals surface area (Å²) in [5.41, 5.74) is 0.513. The topological polar surface area (TPSA) is 67.4 Å². The van der Waals surface area contributed by atoms with Gasteiger partial charge in [-0.1, -0.05) is 6.92 Å². The molecule has 0 aliphatic heterocycles. The number of sulfonamides is 1. The summed E-state index contributed by atoms with van der Waals surface area (Å²) in [7, 11) is -1.77. The molecule has 5 nitrogen and oxygen atoms in total. The van der Waals surface area contributed by atoms with Gasteiger partial charge < -0.3 is 10.1 Å². The van der Waals surface area contributed by atoms with Gasteiger partial charge in [0, 0.05) is 6.07 Å². The van der Waals surface area contributed by atoms with Crippen LogP contribution in [0.2, 0.25) is 0 Å². The third-order valence-corrected chi connectivity index (χ3v) is 4.90. The van der Waals surface area contributed by atoms with Crippen LogP contribution in [-0.4, -0.2) is 34.4 Å². The largest absolute Gasteiger partial charge is 0.495 e. The van der Waals surface area contributed by atoms with Gasteiger partial charge in [-0.2, -0.15) is 0 Å². The second-order valence-electron chi connectivity index (χ2n) is 4.73. The van der Waals surface area contributed by atoms with Crippen molar-refractivity contribution in [2.24, 2.45) is 0 Å². The van der Waals surface area contributed by atoms with Crippen molar-refractivity contribution in [3.8, 4) is 5.75 Å². The first-order valence-corrected chi connectivity index (χ1v) is 9.47. The van der Waals surface area contributed by atoms with Crippen molar-refractivity contribution >= 4 is 31.6 Å². The number of hydrogen-bond donors (Lipinski definition) is 2. The van der Waals surface area contributed by atoms with Gasteiger partial charge in [0.05, 0.1) is 23.0 Å². The molecule has 0 aliphatic carbocycles. The molecule has 120 valence electrons. The van der Waals surface area contributed by atoms with Crippen molar-refractivity contribution in [3.63, 3.8) is 0 Å². The van der Waals surface area contributed by atoms with Crippen LogP contribution in [0.5, 0.6) is 5.75 Å². The zero-order valence-corrected chi connectivity index (χ0v) is 14.9. The maximum atomic E-state index is 12.0. The molecule has 0 aliphatic rings. The molecular weight excluding hydrogens is 356 g/mol. The van der Waals surface area contributed by atoms with Gasteiger partial charge in [0.2, 0.25) is 10.0 Å². The van der Waals surface area contributed by atoms with Crippen LogP contribution in [0.3, 0.4) is 0 Å². The van der Waals surface area contributed by atoms with Crippen LogP contribution in [0.25, 0.3) is 0 Å². The maximum Gasteiger partial charge on any atom is 0.232 e. The first-order chi connectivity index (χ1) is 9.98. The molecule has 7 heteroatoms. The normalized spacial score (nSPS) is 11.4. The summed E-state index contributed by atoms with van der Waals surface area (Å²) in [5.74, 6) is 0.720. The lowest BCUT2D eigenvalue weighted by atomic mass is 10.3. The monoisotopic (exact) mass is 378 g/mol. The lowest BCUT2D eigenvalue weighted by Crippen LogP contribution is -2.19. The summed E-state index contributed by atoms with van der Waals surface area (Å²) in [6, 6.07) is 5.11.